The Kier molecular flexibility index (Phi) is 3.10. The minimum absolute atomic E-state index is 0.545. The maximum absolute atomic E-state index is 2.37. The fourth-order valence-corrected chi connectivity index (χ4v) is 2.76. The molecule has 0 radical (unpaired) electrons. The lowest BCUT2D eigenvalue weighted by molar-refractivity contribution is 0.487. The van der Waals surface area contributed by atoms with Crippen molar-refractivity contribution in [3.8, 4) is 0 Å². The van der Waals surface area contributed by atoms with Crippen molar-refractivity contribution in [1.82, 2.24) is 0 Å². The average Bonchev–Trinajstić information content (AvgIpc) is 2.98. The highest BCUT2D eigenvalue weighted by atomic mass is 14.5. The molecule has 0 amide bonds. The molecule has 1 aromatic rings. The van der Waals surface area contributed by atoms with Crippen LogP contribution in [0.25, 0.3) is 0 Å². The fraction of sp³-hybridized carbons (Fsp3) is 0.625. The Balaban J connectivity index is 2.15. The molecular weight excluding hydrogens is 192 g/mol. The summed E-state index contributed by atoms with van der Waals surface area (Å²) in [4.78, 5) is 0. The van der Waals surface area contributed by atoms with Crippen molar-refractivity contribution in [2.45, 2.75) is 58.3 Å². The van der Waals surface area contributed by atoms with E-state index >= 15 is 0 Å². The van der Waals surface area contributed by atoms with E-state index in [1.54, 1.807) is 5.56 Å². The summed E-state index contributed by atoms with van der Waals surface area (Å²) in [5.74, 6) is 1.46. The first-order valence-corrected chi connectivity index (χ1v) is 6.64. The molecular formula is C16H24. The van der Waals surface area contributed by atoms with E-state index in [0.717, 1.165) is 5.92 Å². The van der Waals surface area contributed by atoms with Gasteiger partial charge in [-0.25, -0.2) is 0 Å². The van der Waals surface area contributed by atoms with Gasteiger partial charge in [0.25, 0.3) is 0 Å². The monoisotopic (exact) mass is 216 g/mol. The van der Waals surface area contributed by atoms with E-state index in [9.17, 15) is 0 Å². The molecule has 0 nitrogen and oxygen atoms in total. The highest BCUT2D eigenvalue weighted by Crippen LogP contribution is 2.52. The van der Waals surface area contributed by atoms with Crippen LogP contribution in [-0.2, 0) is 5.41 Å². The van der Waals surface area contributed by atoms with Gasteiger partial charge in [0.05, 0.1) is 0 Å². The SMILES string of the molecule is CC(C)CC1(c2ccc(C(C)C)cc2)CC1. The molecule has 0 unspecified atom stereocenters. The second kappa shape index (κ2) is 4.24. The quantitative estimate of drug-likeness (QED) is 0.672. The van der Waals surface area contributed by atoms with E-state index in [4.69, 9.17) is 0 Å². The van der Waals surface area contributed by atoms with Gasteiger partial charge in [-0.05, 0) is 47.6 Å². The molecule has 88 valence electrons. The summed E-state index contributed by atoms with van der Waals surface area (Å²) in [5.41, 5.74) is 3.58. The van der Waals surface area contributed by atoms with Gasteiger partial charge in [-0.1, -0.05) is 52.0 Å². The third-order valence-corrected chi connectivity index (χ3v) is 3.84. The van der Waals surface area contributed by atoms with Crippen LogP contribution < -0.4 is 0 Å². The number of rotatable bonds is 4. The molecule has 0 spiro atoms. The van der Waals surface area contributed by atoms with Crippen molar-refractivity contribution in [3.05, 3.63) is 35.4 Å². The summed E-state index contributed by atoms with van der Waals surface area (Å²) in [6.07, 6.45) is 4.15. The molecule has 0 aliphatic heterocycles. The van der Waals surface area contributed by atoms with E-state index < -0.39 is 0 Å². The molecule has 16 heavy (non-hydrogen) atoms. The summed E-state index contributed by atoms with van der Waals surface area (Å²) in [6, 6.07) is 9.37. The second-order valence-corrected chi connectivity index (χ2v) is 6.16. The van der Waals surface area contributed by atoms with Gasteiger partial charge >= 0.3 is 0 Å². The Morgan fingerprint density at radius 1 is 1.00 bits per heavy atom. The van der Waals surface area contributed by atoms with Crippen molar-refractivity contribution >= 4 is 0 Å². The first kappa shape index (κ1) is 11.7. The van der Waals surface area contributed by atoms with Gasteiger partial charge < -0.3 is 0 Å². The third-order valence-electron chi connectivity index (χ3n) is 3.84. The zero-order valence-corrected chi connectivity index (χ0v) is 11.1. The molecule has 0 heteroatoms. The standard InChI is InChI=1S/C16H24/c1-12(2)11-16(9-10-16)15-7-5-14(6-8-15)13(3)4/h5-8,12-13H,9-11H2,1-4H3. The molecule has 1 aliphatic carbocycles. The highest BCUT2D eigenvalue weighted by molar-refractivity contribution is 5.34. The van der Waals surface area contributed by atoms with E-state index in [1.165, 1.54) is 24.8 Å². The summed E-state index contributed by atoms with van der Waals surface area (Å²) in [7, 11) is 0. The highest BCUT2D eigenvalue weighted by Gasteiger charge is 2.44. The van der Waals surface area contributed by atoms with E-state index in [2.05, 4.69) is 52.0 Å². The van der Waals surface area contributed by atoms with Gasteiger partial charge in [-0.2, -0.15) is 0 Å². The molecule has 0 aromatic heterocycles. The minimum Gasteiger partial charge on any atom is -0.0627 e. The van der Waals surface area contributed by atoms with Crippen LogP contribution in [0.3, 0.4) is 0 Å². The topological polar surface area (TPSA) is 0 Å². The van der Waals surface area contributed by atoms with Crippen molar-refractivity contribution in [2.75, 3.05) is 0 Å². The Morgan fingerprint density at radius 3 is 1.94 bits per heavy atom. The molecule has 0 atom stereocenters. The molecule has 1 aromatic carbocycles. The van der Waals surface area contributed by atoms with Crippen LogP contribution in [0.5, 0.6) is 0 Å². The number of benzene rings is 1. The van der Waals surface area contributed by atoms with E-state index in [-0.39, 0.29) is 0 Å². The smallest absolute Gasteiger partial charge is 0.00439 e. The largest absolute Gasteiger partial charge is 0.0627 e. The van der Waals surface area contributed by atoms with Crippen molar-refractivity contribution in [2.24, 2.45) is 5.92 Å². The molecule has 0 saturated heterocycles. The first-order chi connectivity index (χ1) is 7.53. The molecule has 2 rings (SSSR count). The lowest BCUT2D eigenvalue weighted by atomic mass is 9.86. The summed E-state index contributed by atoms with van der Waals surface area (Å²) >= 11 is 0. The summed E-state index contributed by atoms with van der Waals surface area (Å²) < 4.78 is 0. The van der Waals surface area contributed by atoms with Crippen LogP contribution in [0.4, 0.5) is 0 Å². The van der Waals surface area contributed by atoms with Crippen molar-refractivity contribution in [1.29, 1.82) is 0 Å². The summed E-state index contributed by atoms with van der Waals surface area (Å²) in [5, 5.41) is 0. The zero-order valence-electron chi connectivity index (χ0n) is 11.1. The second-order valence-electron chi connectivity index (χ2n) is 6.16. The minimum atomic E-state index is 0.545. The summed E-state index contributed by atoms with van der Waals surface area (Å²) in [6.45, 7) is 9.19. The van der Waals surface area contributed by atoms with Crippen LogP contribution in [0, 0.1) is 5.92 Å². The molecule has 0 N–H and O–H groups in total. The molecule has 1 saturated carbocycles. The lowest BCUT2D eigenvalue weighted by Crippen LogP contribution is -2.10. The van der Waals surface area contributed by atoms with Gasteiger partial charge in [-0.15, -0.1) is 0 Å². The van der Waals surface area contributed by atoms with Gasteiger partial charge in [0, 0.05) is 0 Å². The first-order valence-electron chi connectivity index (χ1n) is 6.64. The number of hydrogen-bond donors (Lipinski definition) is 0. The van der Waals surface area contributed by atoms with Gasteiger partial charge in [-0.3, -0.25) is 0 Å². The predicted molar refractivity (Wildman–Crippen MR) is 70.9 cm³/mol. The lowest BCUT2D eigenvalue weighted by Gasteiger charge is -2.19. The Morgan fingerprint density at radius 2 is 1.56 bits per heavy atom. The Bertz CT molecular complexity index is 339. The van der Waals surface area contributed by atoms with E-state index in [0.29, 0.717) is 11.3 Å². The van der Waals surface area contributed by atoms with Crippen LogP contribution >= 0.6 is 0 Å². The van der Waals surface area contributed by atoms with Crippen LogP contribution in [-0.4, -0.2) is 0 Å². The maximum Gasteiger partial charge on any atom is -0.00439 e. The Labute approximate surface area is 100 Å². The Hall–Kier alpha value is -0.780. The van der Waals surface area contributed by atoms with Crippen LogP contribution in [0.2, 0.25) is 0 Å². The molecule has 0 bridgehead atoms. The molecule has 1 fully saturated rings. The van der Waals surface area contributed by atoms with Gasteiger partial charge in [0.2, 0.25) is 0 Å². The molecule has 1 aliphatic rings. The van der Waals surface area contributed by atoms with Gasteiger partial charge in [0.15, 0.2) is 0 Å². The fourth-order valence-electron chi connectivity index (χ4n) is 2.76. The maximum atomic E-state index is 2.37. The van der Waals surface area contributed by atoms with E-state index in [1.807, 2.05) is 0 Å². The van der Waals surface area contributed by atoms with Crippen LogP contribution in [0.15, 0.2) is 24.3 Å². The number of hydrogen-bond acceptors (Lipinski definition) is 0. The predicted octanol–water partition coefficient (Wildman–Crippen LogP) is 4.89. The zero-order chi connectivity index (χ0) is 11.8. The van der Waals surface area contributed by atoms with Crippen LogP contribution in [0.1, 0.15) is 64.0 Å². The molecule has 0 heterocycles. The van der Waals surface area contributed by atoms with Gasteiger partial charge in [0.1, 0.15) is 0 Å². The van der Waals surface area contributed by atoms with Crippen molar-refractivity contribution < 1.29 is 0 Å². The normalized spacial score (nSPS) is 18.1. The third kappa shape index (κ3) is 2.31. The van der Waals surface area contributed by atoms with Crippen molar-refractivity contribution in [3.63, 3.8) is 0 Å². The average molecular weight is 216 g/mol.